The summed E-state index contributed by atoms with van der Waals surface area (Å²) < 4.78 is 6.82. The lowest BCUT2D eigenvalue weighted by atomic mass is 9.83. The zero-order valence-electron chi connectivity index (χ0n) is 20.0. The molecule has 1 amide bonds. The molecule has 2 fully saturated rings. The van der Waals surface area contributed by atoms with Crippen LogP contribution in [0.25, 0.3) is 5.65 Å². The molecule has 0 bridgehead atoms. The fourth-order valence-electron chi connectivity index (χ4n) is 4.74. The number of fused-ring (bicyclic) bond motifs is 1. The molecule has 0 radical (unpaired) electrons. The number of ether oxygens (including phenoxy) is 1. The second-order valence-electron chi connectivity index (χ2n) is 9.56. The van der Waals surface area contributed by atoms with Crippen molar-refractivity contribution >= 4 is 40.3 Å². The highest BCUT2D eigenvalue weighted by Crippen LogP contribution is 2.32. The summed E-state index contributed by atoms with van der Waals surface area (Å²) in [5, 5.41) is 15.1. The van der Waals surface area contributed by atoms with E-state index >= 15 is 0 Å². The van der Waals surface area contributed by atoms with E-state index in [-0.39, 0.29) is 5.91 Å². The van der Waals surface area contributed by atoms with Crippen LogP contribution < -0.4 is 16.0 Å². The Hall–Kier alpha value is -2.91. The smallest absolute Gasteiger partial charge is 0.276 e. The number of nitrogens with one attached hydrogen (secondary N) is 3. The molecule has 9 nitrogen and oxygen atoms in total. The minimum atomic E-state index is -0.307. The van der Waals surface area contributed by atoms with Gasteiger partial charge in [0.15, 0.2) is 11.3 Å². The van der Waals surface area contributed by atoms with E-state index in [4.69, 9.17) is 21.4 Å². The van der Waals surface area contributed by atoms with E-state index in [1.54, 1.807) is 36.2 Å². The minimum Gasteiger partial charge on any atom is -0.385 e. The van der Waals surface area contributed by atoms with Crippen LogP contribution in [0.2, 0.25) is 5.15 Å². The Kier molecular flexibility index (Phi) is 7.34. The van der Waals surface area contributed by atoms with Crippen LogP contribution in [0.15, 0.2) is 30.6 Å². The zero-order chi connectivity index (χ0) is 24.2. The van der Waals surface area contributed by atoms with Gasteiger partial charge in [0.2, 0.25) is 0 Å². The van der Waals surface area contributed by atoms with Gasteiger partial charge in [-0.2, -0.15) is 0 Å². The number of nitrogens with zero attached hydrogens (tertiary/aromatic N) is 4. The first-order valence-electron chi connectivity index (χ1n) is 12.4. The molecule has 186 valence electrons. The van der Waals surface area contributed by atoms with Crippen molar-refractivity contribution < 1.29 is 9.53 Å². The summed E-state index contributed by atoms with van der Waals surface area (Å²) in [6.45, 7) is 0.841. The average Bonchev–Trinajstić information content (AvgIpc) is 3.55. The van der Waals surface area contributed by atoms with Crippen LogP contribution in [0.5, 0.6) is 0 Å². The highest BCUT2D eigenvalue weighted by atomic mass is 35.5. The number of carbonyl (C=O) groups excluding carboxylic acids is 1. The Labute approximate surface area is 210 Å². The molecule has 0 unspecified atom stereocenters. The first-order valence-corrected chi connectivity index (χ1v) is 12.8. The van der Waals surface area contributed by atoms with Crippen molar-refractivity contribution in [3.05, 3.63) is 41.4 Å². The SMILES string of the molecule is COCCCC1CCC(Nc2cc(NC3CC3)c3ncc(C(=O)Nc4ccnc(Cl)c4)n3n2)CC1. The Morgan fingerprint density at radius 1 is 1.11 bits per heavy atom. The maximum Gasteiger partial charge on any atom is 0.276 e. The van der Waals surface area contributed by atoms with E-state index in [9.17, 15) is 4.79 Å². The second-order valence-corrected chi connectivity index (χ2v) is 9.95. The monoisotopic (exact) mass is 497 g/mol. The number of pyridine rings is 1. The maximum absolute atomic E-state index is 13.1. The van der Waals surface area contributed by atoms with E-state index in [0.29, 0.717) is 34.3 Å². The van der Waals surface area contributed by atoms with Crippen molar-refractivity contribution in [2.45, 2.75) is 63.5 Å². The van der Waals surface area contributed by atoms with Crippen LogP contribution in [-0.4, -0.2) is 51.3 Å². The average molecular weight is 498 g/mol. The Balaban J connectivity index is 1.33. The predicted molar refractivity (Wildman–Crippen MR) is 137 cm³/mol. The van der Waals surface area contributed by atoms with Crippen molar-refractivity contribution in [1.82, 2.24) is 19.6 Å². The molecule has 3 heterocycles. The van der Waals surface area contributed by atoms with Gasteiger partial charge in [-0.3, -0.25) is 4.79 Å². The van der Waals surface area contributed by atoms with E-state index < -0.39 is 0 Å². The molecule has 3 aromatic heterocycles. The molecular weight excluding hydrogens is 466 g/mol. The van der Waals surface area contributed by atoms with Gasteiger partial charge in [-0.05, 0) is 69.4 Å². The topological polar surface area (TPSA) is 105 Å². The van der Waals surface area contributed by atoms with Crippen LogP contribution in [0, 0.1) is 5.92 Å². The molecular formula is C25H32ClN7O2. The van der Waals surface area contributed by atoms with Gasteiger partial charge < -0.3 is 20.7 Å². The summed E-state index contributed by atoms with van der Waals surface area (Å²) in [6, 6.07) is 6.14. The molecule has 2 aliphatic rings. The van der Waals surface area contributed by atoms with E-state index in [1.807, 2.05) is 6.07 Å². The largest absolute Gasteiger partial charge is 0.385 e. The molecule has 5 rings (SSSR count). The highest BCUT2D eigenvalue weighted by Gasteiger charge is 2.26. The lowest BCUT2D eigenvalue weighted by molar-refractivity contribution is 0.102. The van der Waals surface area contributed by atoms with Crippen LogP contribution in [0.1, 0.15) is 61.9 Å². The third kappa shape index (κ3) is 6.02. The Bertz CT molecular complexity index is 1170. The Morgan fingerprint density at radius 2 is 1.89 bits per heavy atom. The number of carbonyl (C=O) groups is 1. The third-order valence-electron chi connectivity index (χ3n) is 6.78. The summed E-state index contributed by atoms with van der Waals surface area (Å²) in [4.78, 5) is 21.5. The molecule has 10 heteroatoms. The number of amides is 1. The molecule has 3 aromatic rings. The van der Waals surface area contributed by atoms with Crippen molar-refractivity contribution in [3.63, 3.8) is 0 Å². The fourth-order valence-corrected chi connectivity index (χ4v) is 4.92. The van der Waals surface area contributed by atoms with Crippen molar-refractivity contribution in [2.24, 2.45) is 5.92 Å². The van der Waals surface area contributed by atoms with Gasteiger partial charge in [-0.1, -0.05) is 11.6 Å². The predicted octanol–water partition coefficient (Wildman–Crippen LogP) is 5.00. The van der Waals surface area contributed by atoms with Gasteiger partial charge in [0.1, 0.15) is 11.0 Å². The number of halogens is 1. The van der Waals surface area contributed by atoms with E-state index in [0.717, 1.165) is 56.1 Å². The van der Waals surface area contributed by atoms with Crippen LogP contribution >= 0.6 is 11.6 Å². The molecule has 3 N–H and O–H groups in total. The molecule has 0 saturated heterocycles. The molecule has 2 saturated carbocycles. The van der Waals surface area contributed by atoms with Crippen LogP contribution in [-0.2, 0) is 4.74 Å². The number of hydrogen-bond donors (Lipinski definition) is 3. The number of methoxy groups -OCH3 is 1. The van der Waals surface area contributed by atoms with Crippen LogP contribution in [0.3, 0.4) is 0 Å². The molecule has 35 heavy (non-hydrogen) atoms. The lowest BCUT2D eigenvalue weighted by Crippen LogP contribution is -2.27. The van der Waals surface area contributed by atoms with Gasteiger partial charge in [0, 0.05) is 43.8 Å². The number of imidazole rings is 1. The van der Waals surface area contributed by atoms with Gasteiger partial charge in [0.25, 0.3) is 5.91 Å². The van der Waals surface area contributed by atoms with E-state index in [1.165, 1.54) is 19.3 Å². The lowest BCUT2D eigenvalue weighted by Gasteiger charge is -2.29. The maximum atomic E-state index is 13.1. The summed E-state index contributed by atoms with van der Waals surface area (Å²) in [5.41, 5.74) is 2.46. The molecule has 2 aliphatic carbocycles. The normalized spacial score (nSPS) is 20.1. The summed E-state index contributed by atoms with van der Waals surface area (Å²) in [6.07, 6.45) is 12.4. The molecule has 0 spiro atoms. The van der Waals surface area contributed by atoms with Crippen molar-refractivity contribution in [3.8, 4) is 0 Å². The van der Waals surface area contributed by atoms with Crippen molar-refractivity contribution in [2.75, 3.05) is 29.7 Å². The number of anilines is 3. The molecule has 0 aliphatic heterocycles. The standard InChI is InChI=1S/C25H32ClN7O2/c1-35-12-2-3-16-4-6-18(7-5-16)30-23-14-20(29-17-8-9-17)24-28-15-21(33(24)32-23)25(34)31-19-10-11-27-22(26)13-19/h10-11,13-18,29H,2-9,12H2,1H3,(H,30,32)(H,27,31,34). The summed E-state index contributed by atoms with van der Waals surface area (Å²) in [5.74, 6) is 1.22. The van der Waals surface area contributed by atoms with Crippen LogP contribution in [0.4, 0.5) is 17.2 Å². The number of rotatable bonds is 10. The fraction of sp³-hybridized carbons (Fsp3) is 0.520. The second kappa shape index (κ2) is 10.8. The third-order valence-corrected chi connectivity index (χ3v) is 6.99. The van der Waals surface area contributed by atoms with E-state index in [2.05, 4.69) is 25.9 Å². The van der Waals surface area contributed by atoms with Gasteiger partial charge >= 0.3 is 0 Å². The number of hydrogen-bond acceptors (Lipinski definition) is 7. The van der Waals surface area contributed by atoms with Gasteiger partial charge in [-0.25, -0.2) is 14.5 Å². The van der Waals surface area contributed by atoms with Crippen molar-refractivity contribution in [1.29, 1.82) is 0 Å². The molecule has 0 atom stereocenters. The Morgan fingerprint density at radius 3 is 2.63 bits per heavy atom. The summed E-state index contributed by atoms with van der Waals surface area (Å²) >= 11 is 5.96. The first-order chi connectivity index (χ1) is 17.1. The minimum absolute atomic E-state index is 0.307. The first kappa shape index (κ1) is 23.8. The highest BCUT2D eigenvalue weighted by molar-refractivity contribution is 6.29. The zero-order valence-corrected chi connectivity index (χ0v) is 20.7. The molecule has 0 aromatic carbocycles. The van der Waals surface area contributed by atoms with Gasteiger partial charge in [-0.15, -0.1) is 5.10 Å². The van der Waals surface area contributed by atoms with Gasteiger partial charge in [0.05, 0.1) is 11.9 Å². The quantitative estimate of drug-likeness (QED) is 0.267. The number of aromatic nitrogens is 4. The summed E-state index contributed by atoms with van der Waals surface area (Å²) in [7, 11) is 1.76.